The van der Waals surface area contributed by atoms with Crippen molar-refractivity contribution >= 4 is 27.2 Å². The van der Waals surface area contributed by atoms with E-state index in [0.29, 0.717) is 16.1 Å². The molecule has 116 valence electrons. The molecule has 22 heavy (non-hydrogen) atoms. The molecule has 0 amide bonds. The Morgan fingerprint density at radius 2 is 2.00 bits per heavy atom. The lowest BCUT2D eigenvalue weighted by Gasteiger charge is -2.10. The Morgan fingerprint density at radius 1 is 1.27 bits per heavy atom. The van der Waals surface area contributed by atoms with Gasteiger partial charge in [-0.05, 0) is 36.8 Å². The van der Waals surface area contributed by atoms with Crippen molar-refractivity contribution in [3.8, 4) is 5.75 Å². The lowest BCUT2D eigenvalue weighted by Crippen LogP contribution is -2.08. The molecule has 0 saturated heterocycles. The van der Waals surface area contributed by atoms with Crippen molar-refractivity contribution in [2.45, 2.75) is 17.6 Å². The fraction of sp³-hybridized carbons (Fsp3) is 0.200. The van der Waals surface area contributed by atoms with E-state index < -0.39 is 9.84 Å². The zero-order valence-corrected chi connectivity index (χ0v) is 13.6. The number of hydrogen-bond acceptors (Lipinski definition) is 5. The highest BCUT2D eigenvalue weighted by Crippen LogP contribution is 2.29. The third-order valence-corrected chi connectivity index (χ3v) is 4.96. The van der Waals surface area contributed by atoms with Crippen LogP contribution in [0.4, 0.5) is 0 Å². The van der Waals surface area contributed by atoms with Crippen LogP contribution in [0.25, 0.3) is 0 Å². The maximum Gasteiger partial charge on any atom is 0.186 e. The van der Waals surface area contributed by atoms with E-state index in [0.717, 1.165) is 0 Å². The number of carbonyl (C=O) groups excluding carboxylic acids is 1. The van der Waals surface area contributed by atoms with Crippen LogP contribution in [-0.4, -0.2) is 26.3 Å². The summed E-state index contributed by atoms with van der Waals surface area (Å²) in [5, 5.41) is 0.301. The van der Waals surface area contributed by atoms with E-state index in [1.807, 2.05) is 0 Å². The van der Waals surface area contributed by atoms with Crippen molar-refractivity contribution in [2.75, 3.05) is 7.11 Å². The molecule has 0 bridgehead atoms. The fourth-order valence-corrected chi connectivity index (χ4v) is 3.70. The molecule has 0 aliphatic rings. The number of methoxy groups -OCH3 is 1. The number of Topliss-reactive ketones (excluding diaryl/α,β-unsaturated/α-hetero) is 1. The van der Waals surface area contributed by atoms with Gasteiger partial charge in [-0.25, -0.2) is 8.42 Å². The third kappa shape index (κ3) is 3.64. The number of pyridine rings is 1. The number of ether oxygens (including phenoxy) is 1. The molecule has 0 spiro atoms. The van der Waals surface area contributed by atoms with Gasteiger partial charge in [-0.15, -0.1) is 0 Å². The number of sulfone groups is 1. The molecule has 0 atom stereocenters. The third-order valence-electron chi connectivity index (χ3n) is 3.02. The molecule has 1 aromatic carbocycles. The summed E-state index contributed by atoms with van der Waals surface area (Å²) in [7, 11) is -2.29. The first-order valence-corrected chi connectivity index (χ1v) is 8.37. The van der Waals surface area contributed by atoms with E-state index in [1.54, 1.807) is 6.07 Å². The molecule has 0 aliphatic carbocycles. The van der Waals surface area contributed by atoms with E-state index in [1.165, 1.54) is 44.6 Å². The van der Waals surface area contributed by atoms with Gasteiger partial charge in [0.15, 0.2) is 15.6 Å². The van der Waals surface area contributed by atoms with Crippen LogP contribution in [0.15, 0.2) is 41.6 Å². The Morgan fingerprint density at radius 3 is 2.64 bits per heavy atom. The second-order valence-corrected chi connectivity index (χ2v) is 7.09. The molecule has 1 aromatic heterocycles. The summed E-state index contributed by atoms with van der Waals surface area (Å²) in [5.74, 6) is -0.246. The number of carbonyl (C=O) groups is 1. The summed E-state index contributed by atoms with van der Waals surface area (Å²) >= 11 is 5.87. The zero-order valence-electron chi connectivity index (χ0n) is 12.0. The SMILES string of the molecule is COc1ccc(Cl)cc1S(=O)(=O)Cc1cncc(C(C)=O)c1. The van der Waals surface area contributed by atoms with Gasteiger partial charge in [0.25, 0.3) is 0 Å². The molecule has 0 N–H and O–H groups in total. The fourth-order valence-electron chi connectivity index (χ4n) is 1.95. The topological polar surface area (TPSA) is 73.3 Å². The minimum absolute atomic E-state index is 0.00993. The Bertz CT molecular complexity index is 818. The van der Waals surface area contributed by atoms with Gasteiger partial charge in [-0.2, -0.15) is 0 Å². The summed E-state index contributed by atoms with van der Waals surface area (Å²) in [6, 6.07) is 5.92. The Hall–Kier alpha value is -1.92. The molecule has 0 saturated carbocycles. The van der Waals surface area contributed by atoms with E-state index in [-0.39, 0.29) is 22.2 Å². The molecule has 2 aromatic rings. The van der Waals surface area contributed by atoms with Crippen LogP contribution in [0.5, 0.6) is 5.75 Å². The van der Waals surface area contributed by atoms with Gasteiger partial charge in [0.1, 0.15) is 10.6 Å². The second-order valence-electron chi connectivity index (χ2n) is 4.69. The minimum atomic E-state index is -3.68. The van der Waals surface area contributed by atoms with Crippen molar-refractivity contribution in [1.82, 2.24) is 4.98 Å². The quantitative estimate of drug-likeness (QED) is 0.783. The lowest BCUT2D eigenvalue weighted by molar-refractivity contribution is 0.101. The predicted octanol–water partition coefficient (Wildman–Crippen LogP) is 2.92. The van der Waals surface area contributed by atoms with E-state index >= 15 is 0 Å². The zero-order chi connectivity index (χ0) is 16.3. The number of halogens is 1. The monoisotopic (exact) mass is 339 g/mol. The maximum atomic E-state index is 12.6. The Kier molecular flexibility index (Phi) is 4.83. The van der Waals surface area contributed by atoms with Gasteiger partial charge in [0, 0.05) is 23.0 Å². The van der Waals surface area contributed by atoms with Crippen LogP contribution < -0.4 is 4.74 Å². The van der Waals surface area contributed by atoms with E-state index in [9.17, 15) is 13.2 Å². The van der Waals surface area contributed by atoms with Gasteiger partial charge in [0.2, 0.25) is 0 Å². The second kappa shape index (κ2) is 6.46. The molecule has 0 unspecified atom stereocenters. The molecule has 0 fully saturated rings. The number of aromatic nitrogens is 1. The van der Waals surface area contributed by atoms with Crippen LogP contribution in [0, 0.1) is 0 Å². The molecule has 0 radical (unpaired) electrons. The van der Waals surface area contributed by atoms with E-state index in [4.69, 9.17) is 16.3 Å². The molecular weight excluding hydrogens is 326 g/mol. The molecular formula is C15H14ClNO4S. The first-order chi connectivity index (χ1) is 10.3. The van der Waals surface area contributed by atoms with Crippen LogP contribution in [0.2, 0.25) is 5.02 Å². The normalized spacial score (nSPS) is 11.2. The summed E-state index contributed by atoms with van der Waals surface area (Å²) in [6.45, 7) is 1.40. The molecule has 2 rings (SSSR count). The van der Waals surface area contributed by atoms with Crippen LogP contribution in [0.1, 0.15) is 22.8 Å². The van der Waals surface area contributed by atoms with Crippen molar-refractivity contribution in [1.29, 1.82) is 0 Å². The number of ketones is 1. The van der Waals surface area contributed by atoms with Gasteiger partial charge >= 0.3 is 0 Å². The molecule has 7 heteroatoms. The average Bonchev–Trinajstić information content (AvgIpc) is 2.47. The number of rotatable bonds is 5. The lowest BCUT2D eigenvalue weighted by atomic mass is 10.2. The standard InChI is InChI=1S/C15H14ClNO4S/c1-10(18)12-5-11(7-17-8-12)9-22(19,20)15-6-13(16)3-4-14(15)21-2/h3-8H,9H2,1-2H3. The smallest absolute Gasteiger partial charge is 0.186 e. The summed E-state index contributed by atoms with van der Waals surface area (Å²) < 4.78 is 30.2. The van der Waals surface area contributed by atoms with Crippen molar-refractivity contribution in [3.05, 3.63) is 52.8 Å². The van der Waals surface area contributed by atoms with Gasteiger partial charge in [-0.1, -0.05) is 11.6 Å². The van der Waals surface area contributed by atoms with Crippen LogP contribution >= 0.6 is 11.6 Å². The summed E-state index contributed by atoms with van der Waals surface area (Å²) in [5.41, 5.74) is 0.792. The Balaban J connectivity index is 2.42. The maximum absolute atomic E-state index is 12.6. The van der Waals surface area contributed by atoms with Crippen molar-refractivity contribution in [3.63, 3.8) is 0 Å². The molecule has 0 aliphatic heterocycles. The van der Waals surface area contributed by atoms with Crippen molar-refractivity contribution in [2.24, 2.45) is 0 Å². The first-order valence-electron chi connectivity index (χ1n) is 6.34. The first kappa shape index (κ1) is 16.5. The highest BCUT2D eigenvalue weighted by Gasteiger charge is 2.21. The van der Waals surface area contributed by atoms with Crippen LogP contribution in [-0.2, 0) is 15.6 Å². The largest absolute Gasteiger partial charge is 0.495 e. The average molecular weight is 340 g/mol. The minimum Gasteiger partial charge on any atom is -0.495 e. The predicted molar refractivity (Wildman–Crippen MR) is 83.1 cm³/mol. The van der Waals surface area contributed by atoms with Crippen LogP contribution in [0.3, 0.4) is 0 Å². The number of benzene rings is 1. The van der Waals surface area contributed by atoms with Gasteiger partial charge in [0.05, 0.1) is 12.9 Å². The highest BCUT2D eigenvalue weighted by molar-refractivity contribution is 7.90. The molecule has 1 heterocycles. The van der Waals surface area contributed by atoms with Gasteiger partial charge in [-0.3, -0.25) is 9.78 Å². The highest BCUT2D eigenvalue weighted by atomic mass is 35.5. The Labute approximate surface area is 133 Å². The van der Waals surface area contributed by atoms with Gasteiger partial charge < -0.3 is 4.74 Å². The van der Waals surface area contributed by atoms with E-state index in [2.05, 4.69) is 4.98 Å². The van der Waals surface area contributed by atoms with Crippen molar-refractivity contribution < 1.29 is 17.9 Å². The number of hydrogen-bond donors (Lipinski definition) is 0. The summed E-state index contributed by atoms with van der Waals surface area (Å²) in [4.78, 5) is 15.3. The number of nitrogens with zero attached hydrogens (tertiary/aromatic N) is 1. The molecule has 5 nitrogen and oxygen atoms in total. The summed E-state index contributed by atoms with van der Waals surface area (Å²) in [6.07, 6.45) is 2.82.